The fraction of sp³-hybridized carbons (Fsp3) is 0.222. The molecule has 6 nitrogen and oxygen atoms in total. The Labute approximate surface area is 139 Å². The molecular formula is C18H18N2O4. The highest BCUT2D eigenvalue weighted by atomic mass is 16.5. The Hall–Kier alpha value is -3.02. The smallest absolute Gasteiger partial charge is 0.355 e. The zero-order chi connectivity index (χ0) is 17.1. The fourth-order valence-electron chi connectivity index (χ4n) is 2.45. The van der Waals surface area contributed by atoms with E-state index >= 15 is 0 Å². The third-order valence-electron chi connectivity index (χ3n) is 3.74. The van der Waals surface area contributed by atoms with Crippen molar-refractivity contribution in [3.8, 4) is 0 Å². The summed E-state index contributed by atoms with van der Waals surface area (Å²) < 4.78 is 12.4. The van der Waals surface area contributed by atoms with Crippen LogP contribution in [0.3, 0.4) is 0 Å². The average molecular weight is 326 g/mol. The number of rotatable bonds is 5. The van der Waals surface area contributed by atoms with Gasteiger partial charge in [-0.05, 0) is 31.2 Å². The molecule has 2 aromatic heterocycles. The molecule has 0 radical (unpaired) electrons. The minimum Gasteiger partial charge on any atom is -0.459 e. The number of aromatic nitrogens is 1. The van der Waals surface area contributed by atoms with Crippen molar-refractivity contribution in [2.24, 2.45) is 7.05 Å². The molecular weight excluding hydrogens is 308 g/mol. The molecule has 0 saturated carbocycles. The van der Waals surface area contributed by atoms with Gasteiger partial charge in [0.2, 0.25) is 0 Å². The molecule has 1 amide bonds. The number of amides is 1. The largest absolute Gasteiger partial charge is 0.459 e. The molecule has 3 aromatic rings. The van der Waals surface area contributed by atoms with Crippen molar-refractivity contribution in [3.05, 3.63) is 60.1 Å². The molecule has 2 heterocycles. The minimum absolute atomic E-state index is 0.321. The Morgan fingerprint density at radius 2 is 2.04 bits per heavy atom. The summed E-state index contributed by atoms with van der Waals surface area (Å²) in [4.78, 5) is 23.8. The quantitative estimate of drug-likeness (QED) is 0.732. The summed E-state index contributed by atoms with van der Waals surface area (Å²) >= 11 is 0. The summed E-state index contributed by atoms with van der Waals surface area (Å²) in [6.45, 7) is 1.48. The molecule has 0 aliphatic heterocycles. The molecule has 0 saturated heterocycles. The summed E-state index contributed by atoms with van der Waals surface area (Å²) in [7, 11) is 1.74. The SMILES string of the molecule is C[C@@H](NC(=O)COC(=O)c1cccn1C)c1cc2ccccc2o1. The fourth-order valence-corrected chi connectivity index (χ4v) is 2.45. The molecule has 1 N–H and O–H groups in total. The normalized spacial score (nSPS) is 12.1. The molecule has 1 aromatic carbocycles. The molecule has 0 unspecified atom stereocenters. The second-order valence-corrected chi connectivity index (χ2v) is 5.56. The van der Waals surface area contributed by atoms with Crippen molar-refractivity contribution < 1.29 is 18.7 Å². The van der Waals surface area contributed by atoms with Gasteiger partial charge in [0.05, 0.1) is 6.04 Å². The average Bonchev–Trinajstić information content (AvgIpc) is 3.18. The summed E-state index contributed by atoms with van der Waals surface area (Å²) in [5.41, 5.74) is 1.16. The summed E-state index contributed by atoms with van der Waals surface area (Å²) in [5.74, 6) is -0.266. The van der Waals surface area contributed by atoms with Crippen molar-refractivity contribution in [2.45, 2.75) is 13.0 Å². The third kappa shape index (κ3) is 3.32. The Bertz CT molecular complexity index is 845. The number of furan rings is 1. The van der Waals surface area contributed by atoms with E-state index in [2.05, 4.69) is 5.32 Å². The van der Waals surface area contributed by atoms with Crippen LogP contribution in [0.4, 0.5) is 0 Å². The van der Waals surface area contributed by atoms with E-state index in [1.54, 1.807) is 29.9 Å². The lowest BCUT2D eigenvalue weighted by Crippen LogP contribution is -2.31. The zero-order valence-electron chi connectivity index (χ0n) is 13.5. The van der Waals surface area contributed by atoms with E-state index in [9.17, 15) is 9.59 Å². The number of aryl methyl sites for hydroxylation is 1. The zero-order valence-corrected chi connectivity index (χ0v) is 13.5. The Kier molecular flexibility index (Phi) is 4.37. The lowest BCUT2D eigenvalue weighted by Gasteiger charge is -2.11. The van der Waals surface area contributed by atoms with Gasteiger partial charge in [0.15, 0.2) is 6.61 Å². The van der Waals surface area contributed by atoms with Crippen LogP contribution in [-0.4, -0.2) is 23.1 Å². The van der Waals surface area contributed by atoms with Gasteiger partial charge in [-0.1, -0.05) is 18.2 Å². The monoisotopic (exact) mass is 326 g/mol. The van der Waals surface area contributed by atoms with Gasteiger partial charge in [0, 0.05) is 18.6 Å². The summed E-state index contributed by atoms with van der Waals surface area (Å²) in [6, 6.07) is 12.6. The Morgan fingerprint density at radius 3 is 2.75 bits per heavy atom. The predicted octanol–water partition coefficient (Wildman–Crippen LogP) is 2.81. The van der Waals surface area contributed by atoms with Gasteiger partial charge in [-0.25, -0.2) is 4.79 Å². The van der Waals surface area contributed by atoms with Crippen molar-refractivity contribution in [3.63, 3.8) is 0 Å². The first-order valence-corrected chi connectivity index (χ1v) is 7.61. The van der Waals surface area contributed by atoms with Crippen LogP contribution in [-0.2, 0) is 16.6 Å². The summed E-state index contributed by atoms with van der Waals surface area (Å²) in [6.07, 6.45) is 1.74. The number of carbonyl (C=O) groups is 2. The molecule has 124 valence electrons. The van der Waals surface area contributed by atoms with E-state index in [1.807, 2.05) is 37.3 Å². The van der Waals surface area contributed by atoms with Crippen LogP contribution in [0.1, 0.15) is 29.2 Å². The van der Waals surface area contributed by atoms with Gasteiger partial charge in [-0.2, -0.15) is 0 Å². The number of fused-ring (bicyclic) bond motifs is 1. The van der Waals surface area contributed by atoms with Gasteiger partial charge in [-0.15, -0.1) is 0 Å². The molecule has 0 bridgehead atoms. The second kappa shape index (κ2) is 6.62. The van der Waals surface area contributed by atoms with Gasteiger partial charge < -0.3 is 19.0 Å². The number of carbonyl (C=O) groups excluding carboxylic acids is 2. The predicted molar refractivity (Wildman–Crippen MR) is 88.5 cm³/mol. The lowest BCUT2D eigenvalue weighted by molar-refractivity contribution is -0.125. The van der Waals surface area contributed by atoms with Crippen LogP contribution in [0.25, 0.3) is 11.0 Å². The molecule has 3 rings (SSSR count). The van der Waals surface area contributed by atoms with Crippen molar-refractivity contribution in [1.29, 1.82) is 0 Å². The molecule has 1 atom stereocenters. The van der Waals surface area contributed by atoms with E-state index in [0.29, 0.717) is 11.5 Å². The maximum atomic E-state index is 12.0. The van der Waals surface area contributed by atoms with Gasteiger partial charge >= 0.3 is 5.97 Å². The molecule has 0 fully saturated rings. The molecule has 0 aliphatic carbocycles. The van der Waals surface area contributed by atoms with Crippen LogP contribution in [0.15, 0.2) is 53.1 Å². The second-order valence-electron chi connectivity index (χ2n) is 5.56. The van der Waals surface area contributed by atoms with Crippen LogP contribution in [0, 0.1) is 0 Å². The topological polar surface area (TPSA) is 73.5 Å². The van der Waals surface area contributed by atoms with E-state index in [4.69, 9.17) is 9.15 Å². The number of ether oxygens (including phenoxy) is 1. The van der Waals surface area contributed by atoms with Crippen LogP contribution in [0.2, 0.25) is 0 Å². The number of nitrogens with zero attached hydrogens (tertiary/aromatic N) is 1. The maximum absolute atomic E-state index is 12.0. The highest BCUT2D eigenvalue weighted by Gasteiger charge is 2.16. The number of para-hydroxylation sites is 1. The van der Waals surface area contributed by atoms with Gasteiger partial charge in [-0.3, -0.25) is 4.79 Å². The van der Waals surface area contributed by atoms with E-state index < -0.39 is 5.97 Å². The number of benzene rings is 1. The third-order valence-corrected chi connectivity index (χ3v) is 3.74. The first kappa shape index (κ1) is 15.9. The molecule has 24 heavy (non-hydrogen) atoms. The van der Waals surface area contributed by atoms with Crippen molar-refractivity contribution in [1.82, 2.24) is 9.88 Å². The molecule has 0 spiro atoms. The number of hydrogen-bond donors (Lipinski definition) is 1. The van der Waals surface area contributed by atoms with E-state index in [1.165, 1.54) is 0 Å². The molecule has 6 heteroatoms. The standard InChI is InChI=1S/C18H18N2O4/c1-12(16-10-13-6-3-4-8-15(13)24-16)19-17(21)11-23-18(22)14-7-5-9-20(14)2/h3-10,12H,11H2,1-2H3,(H,19,21)/t12-/m1/s1. The summed E-state index contributed by atoms with van der Waals surface area (Å²) in [5, 5.41) is 3.73. The van der Waals surface area contributed by atoms with E-state index in [-0.39, 0.29) is 18.6 Å². The first-order valence-electron chi connectivity index (χ1n) is 7.61. The Morgan fingerprint density at radius 1 is 1.25 bits per heavy atom. The Balaban J connectivity index is 1.56. The highest BCUT2D eigenvalue weighted by Crippen LogP contribution is 2.23. The van der Waals surface area contributed by atoms with Crippen LogP contribution < -0.4 is 5.32 Å². The van der Waals surface area contributed by atoms with Gasteiger partial charge in [0.25, 0.3) is 5.91 Å². The number of hydrogen-bond acceptors (Lipinski definition) is 4. The lowest BCUT2D eigenvalue weighted by atomic mass is 10.2. The van der Waals surface area contributed by atoms with Crippen molar-refractivity contribution >= 4 is 22.8 Å². The van der Waals surface area contributed by atoms with Gasteiger partial charge in [0.1, 0.15) is 17.0 Å². The first-order chi connectivity index (χ1) is 11.5. The minimum atomic E-state index is -0.533. The highest BCUT2D eigenvalue weighted by molar-refractivity contribution is 5.90. The van der Waals surface area contributed by atoms with Crippen LogP contribution in [0.5, 0.6) is 0 Å². The van der Waals surface area contributed by atoms with Crippen LogP contribution >= 0.6 is 0 Å². The maximum Gasteiger partial charge on any atom is 0.355 e. The van der Waals surface area contributed by atoms with Crippen molar-refractivity contribution in [2.75, 3.05) is 6.61 Å². The number of esters is 1. The number of nitrogens with one attached hydrogen (secondary N) is 1. The molecule has 0 aliphatic rings. The van der Waals surface area contributed by atoms with E-state index in [0.717, 1.165) is 11.0 Å².